The third-order valence-corrected chi connectivity index (χ3v) is 3.99. The molecule has 1 N–H and O–H groups in total. The fourth-order valence-corrected chi connectivity index (χ4v) is 2.72. The summed E-state index contributed by atoms with van der Waals surface area (Å²) in [5, 5.41) is 14.1. The van der Waals surface area contributed by atoms with E-state index in [1.807, 2.05) is 6.92 Å². The molecule has 1 aliphatic rings. The van der Waals surface area contributed by atoms with E-state index in [0.29, 0.717) is 0 Å². The van der Waals surface area contributed by atoms with Gasteiger partial charge in [-0.2, -0.15) is 0 Å². The number of hydrogen-bond donors (Lipinski definition) is 1. The number of nitro benzene ring substituents is 1. The van der Waals surface area contributed by atoms with E-state index in [4.69, 9.17) is 0 Å². The Bertz CT molecular complexity index is 487. The standard InChI is InChI=1S/C12H14BrFN2O2/c1-12(4-2-3-5-12)15-10-7-9(14)8(13)6-11(10)16(17)18/h6-7,15H,2-5H2,1H3. The molecule has 6 heteroatoms. The van der Waals surface area contributed by atoms with Crippen molar-refractivity contribution in [1.29, 1.82) is 0 Å². The predicted octanol–water partition coefficient (Wildman–Crippen LogP) is 4.24. The molecular weight excluding hydrogens is 303 g/mol. The Morgan fingerprint density at radius 3 is 2.61 bits per heavy atom. The van der Waals surface area contributed by atoms with Gasteiger partial charge in [0.1, 0.15) is 11.5 Å². The summed E-state index contributed by atoms with van der Waals surface area (Å²) in [6, 6.07) is 2.39. The molecule has 0 unspecified atom stereocenters. The van der Waals surface area contributed by atoms with Crippen molar-refractivity contribution in [2.45, 2.75) is 38.1 Å². The molecular formula is C12H14BrFN2O2. The van der Waals surface area contributed by atoms with Gasteiger partial charge >= 0.3 is 0 Å². The first-order valence-corrected chi connectivity index (χ1v) is 6.62. The van der Waals surface area contributed by atoms with Crippen LogP contribution in [0.5, 0.6) is 0 Å². The topological polar surface area (TPSA) is 55.2 Å². The Balaban J connectivity index is 2.36. The molecule has 0 aromatic heterocycles. The molecule has 18 heavy (non-hydrogen) atoms. The van der Waals surface area contributed by atoms with E-state index in [-0.39, 0.29) is 21.4 Å². The smallest absolute Gasteiger partial charge is 0.293 e. The summed E-state index contributed by atoms with van der Waals surface area (Å²) >= 11 is 2.97. The van der Waals surface area contributed by atoms with E-state index in [2.05, 4.69) is 21.2 Å². The van der Waals surface area contributed by atoms with E-state index in [0.717, 1.165) is 25.7 Å². The van der Waals surface area contributed by atoms with Gasteiger partial charge in [0, 0.05) is 17.7 Å². The van der Waals surface area contributed by atoms with Crippen molar-refractivity contribution >= 4 is 27.3 Å². The van der Waals surface area contributed by atoms with Crippen LogP contribution in [0.2, 0.25) is 0 Å². The minimum atomic E-state index is -0.496. The van der Waals surface area contributed by atoms with Crippen molar-refractivity contribution < 1.29 is 9.31 Å². The fourth-order valence-electron chi connectivity index (χ4n) is 2.39. The summed E-state index contributed by atoms with van der Waals surface area (Å²) in [7, 11) is 0. The maximum Gasteiger partial charge on any atom is 0.293 e. The molecule has 1 aliphatic carbocycles. The largest absolute Gasteiger partial charge is 0.374 e. The molecule has 0 spiro atoms. The lowest BCUT2D eigenvalue weighted by Crippen LogP contribution is -2.31. The van der Waals surface area contributed by atoms with Crippen LogP contribution in [0.25, 0.3) is 0 Å². The Kier molecular flexibility index (Phi) is 3.56. The first-order chi connectivity index (χ1) is 8.41. The van der Waals surface area contributed by atoms with Crippen LogP contribution in [0.1, 0.15) is 32.6 Å². The number of hydrogen-bond acceptors (Lipinski definition) is 3. The van der Waals surface area contributed by atoms with E-state index in [9.17, 15) is 14.5 Å². The van der Waals surface area contributed by atoms with Gasteiger partial charge in [-0.1, -0.05) is 12.8 Å². The molecule has 1 aromatic carbocycles. The Morgan fingerprint density at radius 2 is 2.06 bits per heavy atom. The van der Waals surface area contributed by atoms with Crippen molar-refractivity contribution in [3.8, 4) is 0 Å². The average Bonchev–Trinajstić information content (AvgIpc) is 2.69. The number of benzene rings is 1. The first-order valence-electron chi connectivity index (χ1n) is 5.83. The lowest BCUT2D eigenvalue weighted by Gasteiger charge is -2.26. The zero-order valence-corrected chi connectivity index (χ0v) is 11.6. The minimum Gasteiger partial charge on any atom is -0.374 e. The molecule has 0 atom stereocenters. The van der Waals surface area contributed by atoms with Gasteiger partial charge in [0.15, 0.2) is 0 Å². The quantitative estimate of drug-likeness (QED) is 0.670. The normalized spacial score (nSPS) is 17.7. The lowest BCUT2D eigenvalue weighted by atomic mass is 10.00. The van der Waals surface area contributed by atoms with Gasteiger partial charge in [0.2, 0.25) is 0 Å². The second kappa shape index (κ2) is 4.84. The molecule has 2 rings (SSSR count). The van der Waals surface area contributed by atoms with Crippen LogP contribution in [-0.4, -0.2) is 10.5 Å². The summed E-state index contributed by atoms with van der Waals surface area (Å²) in [5.74, 6) is -0.496. The van der Waals surface area contributed by atoms with Crippen LogP contribution >= 0.6 is 15.9 Å². The van der Waals surface area contributed by atoms with Gasteiger partial charge in [-0.15, -0.1) is 0 Å². The number of anilines is 1. The second-order valence-corrected chi connectivity index (χ2v) is 5.79. The number of halogens is 2. The molecule has 1 fully saturated rings. The van der Waals surface area contributed by atoms with E-state index in [1.165, 1.54) is 12.1 Å². The van der Waals surface area contributed by atoms with E-state index < -0.39 is 10.7 Å². The van der Waals surface area contributed by atoms with Gasteiger partial charge in [-0.25, -0.2) is 4.39 Å². The Hall–Kier alpha value is -1.17. The van der Waals surface area contributed by atoms with Crippen LogP contribution in [-0.2, 0) is 0 Å². The molecule has 1 aromatic rings. The van der Waals surface area contributed by atoms with Gasteiger partial charge < -0.3 is 5.32 Å². The summed E-state index contributed by atoms with van der Waals surface area (Å²) in [5.41, 5.74) is -0.0214. The van der Waals surface area contributed by atoms with Crippen LogP contribution in [0, 0.1) is 15.9 Å². The fraction of sp³-hybridized carbons (Fsp3) is 0.500. The molecule has 0 radical (unpaired) electrons. The summed E-state index contributed by atoms with van der Waals surface area (Å²) in [6.07, 6.45) is 4.08. The highest BCUT2D eigenvalue weighted by Gasteiger charge is 2.31. The molecule has 0 saturated heterocycles. The van der Waals surface area contributed by atoms with Crippen LogP contribution in [0.4, 0.5) is 15.8 Å². The zero-order valence-electron chi connectivity index (χ0n) is 10.0. The lowest BCUT2D eigenvalue weighted by molar-refractivity contribution is -0.384. The molecule has 1 saturated carbocycles. The van der Waals surface area contributed by atoms with Crippen molar-refractivity contribution in [2.75, 3.05) is 5.32 Å². The summed E-state index contributed by atoms with van der Waals surface area (Å²) < 4.78 is 13.6. The van der Waals surface area contributed by atoms with Crippen molar-refractivity contribution in [3.63, 3.8) is 0 Å². The molecule has 0 amide bonds. The van der Waals surface area contributed by atoms with Gasteiger partial charge in [0.05, 0.1) is 9.40 Å². The van der Waals surface area contributed by atoms with Gasteiger partial charge in [-0.3, -0.25) is 10.1 Å². The first kappa shape index (κ1) is 13.3. The van der Waals surface area contributed by atoms with Crippen molar-refractivity contribution in [1.82, 2.24) is 0 Å². The molecule has 98 valence electrons. The predicted molar refractivity (Wildman–Crippen MR) is 71.3 cm³/mol. The molecule has 0 aliphatic heterocycles. The number of nitrogens with one attached hydrogen (secondary N) is 1. The Labute approximate surface area is 113 Å². The zero-order chi connectivity index (χ0) is 13.3. The average molecular weight is 317 g/mol. The van der Waals surface area contributed by atoms with Crippen LogP contribution in [0.3, 0.4) is 0 Å². The summed E-state index contributed by atoms with van der Waals surface area (Å²) in [4.78, 5) is 10.5. The highest BCUT2D eigenvalue weighted by Crippen LogP contribution is 2.37. The summed E-state index contributed by atoms with van der Waals surface area (Å²) in [6.45, 7) is 2.02. The van der Waals surface area contributed by atoms with E-state index >= 15 is 0 Å². The minimum absolute atomic E-state index is 0.101. The highest BCUT2D eigenvalue weighted by molar-refractivity contribution is 9.10. The van der Waals surface area contributed by atoms with Gasteiger partial charge in [-0.05, 0) is 35.7 Å². The number of nitro groups is 1. The maximum atomic E-state index is 13.5. The Morgan fingerprint density at radius 1 is 1.44 bits per heavy atom. The number of nitrogens with zero attached hydrogens (tertiary/aromatic N) is 1. The second-order valence-electron chi connectivity index (χ2n) is 4.93. The molecule has 0 bridgehead atoms. The van der Waals surface area contributed by atoms with Crippen molar-refractivity contribution in [3.05, 3.63) is 32.5 Å². The monoisotopic (exact) mass is 316 g/mol. The molecule has 4 nitrogen and oxygen atoms in total. The number of rotatable bonds is 3. The van der Waals surface area contributed by atoms with Crippen LogP contribution in [0.15, 0.2) is 16.6 Å². The molecule has 0 heterocycles. The van der Waals surface area contributed by atoms with Crippen LogP contribution < -0.4 is 5.32 Å². The third-order valence-electron chi connectivity index (χ3n) is 3.38. The SMILES string of the molecule is CC1(Nc2cc(F)c(Br)cc2[N+](=O)[O-])CCCC1. The third kappa shape index (κ3) is 2.63. The van der Waals surface area contributed by atoms with E-state index in [1.54, 1.807) is 0 Å². The van der Waals surface area contributed by atoms with Crippen molar-refractivity contribution in [2.24, 2.45) is 0 Å². The maximum absolute atomic E-state index is 13.5. The van der Waals surface area contributed by atoms with Gasteiger partial charge in [0.25, 0.3) is 5.69 Å². The highest BCUT2D eigenvalue weighted by atomic mass is 79.9.